The van der Waals surface area contributed by atoms with E-state index in [1.807, 2.05) is 4.90 Å². The van der Waals surface area contributed by atoms with Crippen molar-refractivity contribution < 1.29 is 27.4 Å². The number of nitrogens with zero attached hydrogens (tertiary/aromatic N) is 7. The van der Waals surface area contributed by atoms with Crippen LogP contribution in [0, 0.1) is 12.7 Å². The summed E-state index contributed by atoms with van der Waals surface area (Å²) in [6.07, 6.45) is 3.89. The molecule has 3 aromatic heterocycles. The van der Waals surface area contributed by atoms with Gasteiger partial charge in [0.05, 0.1) is 17.3 Å². The van der Waals surface area contributed by atoms with Gasteiger partial charge in [0, 0.05) is 61.8 Å². The third kappa shape index (κ3) is 5.28. The van der Waals surface area contributed by atoms with E-state index in [0.29, 0.717) is 64.2 Å². The maximum Gasteiger partial charge on any atom is 0.349 e. The second-order valence-electron chi connectivity index (χ2n) is 13.4. The summed E-state index contributed by atoms with van der Waals surface area (Å²) in [6, 6.07) is 6.70. The first-order chi connectivity index (χ1) is 23.7. The average molecular weight is 674 g/mol. The highest BCUT2D eigenvalue weighted by molar-refractivity contribution is 6.07. The fraction of sp³-hybridized carbons (Fsp3) is 0.457. The number of fused-ring (bicyclic) bond motifs is 3. The lowest BCUT2D eigenvalue weighted by molar-refractivity contribution is 0.0512. The molecule has 3 aliphatic heterocycles. The number of aromatic nitrogens is 5. The lowest BCUT2D eigenvalue weighted by atomic mass is 9.93. The van der Waals surface area contributed by atoms with Crippen molar-refractivity contribution in [1.82, 2.24) is 29.9 Å². The van der Waals surface area contributed by atoms with Crippen molar-refractivity contribution in [3.8, 4) is 34.3 Å². The molecular formula is C35H37F2N7O5. The van der Waals surface area contributed by atoms with Gasteiger partial charge in [0.15, 0.2) is 12.6 Å². The Kier molecular flexibility index (Phi) is 7.74. The monoisotopic (exact) mass is 673 g/mol. The fourth-order valence-corrected chi connectivity index (χ4v) is 7.74. The lowest BCUT2D eigenvalue weighted by Gasteiger charge is -2.40. The molecular weight excluding hydrogens is 636 g/mol. The molecule has 0 aliphatic carbocycles. The molecule has 14 heteroatoms. The van der Waals surface area contributed by atoms with Crippen molar-refractivity contribution in [3.63, 3.8) is 0 Å². The standard InChI is InChI=1S/C35H37F2N7O5/c1-19-8-11-44(19)32-29-30(38-34(39-32)47-17-35-9-5-10-43(35)15-22(36)14-35)20(2)31(49-33(29)45)24-13-23(48-18-46-4)12-21-6-7-25(37)28(27(21)24)26-16-42(3)41-40-26/h6-7,12-13,16,19,22H,5,8-11,14-15,17-18H2,1-4H3/t19-,22-,35+/m1/s1. The third-order valence-electron chi connectivity index (χ3n) is 10.3. The quantitative estimate of drug-likeness (QED) is 0.193. The lowest BCUT2D eigenvalue weighted by Crippen LogP contribution is -2.47. The summed E-state index contributed by atoms with van der Waals surface area (Å²) in [5.74, 6) is 0.527. The highest BCUT2D eigenvalue weighted by Gasteiger charge is 2.49. The number of alkyl halides is 1. The molecule has 2 aromatic carbocycles. The van der Waals surface area contributed by atoms with Crippen LogP contribution in [0.15, 0.2) is 39.7 Å². The molecule has 0 radical (unpaired) electrons. The first kappa shape index (κ1) is 31.6. The molecule has 49 heavy (non-hydrogen) atoms. The molecule has 0 spiro atoms. The van der Waals surface area contributed by atoms with Gasteiger partial charge < -0.3 is 23.5 Å². The highest BCUT2D eigenvalue weighted by Crippen LogP contribution is 2.44. The van der Waals surface area contributed by atoms with Crippen LogP contribution in [0.25, 0.3) is 44.3 Å². The van der Waals surface area contributed by atoms with Crippen LogP contribution < -0.4 is 20.0 Å². The van der Waals surface area contributed by atoms with Gasteiger partial charge in [0.1, 0.15) is 41.2 Å². The zero-order valence-corrected chi connectivity index (χ0v) is 27.8. The van der Waals surface area contributed by atoms with Gasteiger partial charge in [-0.05, 0) is 63.2 Å². The number of aryl methyl sites for hydroxylation is 2. The summed E-state index contributed by atoms with van der Waals surface area (Å²) in [6.45, 7) is 6.02. The maximum atomic E-state index is 15.8. The first-order valence-corrected chi connectivity index (χ1v) is 16.5. The number of ether oxygens (including phenoxy) is 3. The van der Waals surface area contributed by atoms with E-state index < -0.39 is 23.2 Å². The van der Waals surface area contributed by atoms with E-state index >= 15 is 4.39 Å². The zero-order valence-electron chi connectivity index (χ0n) is 27.8. The van der Waals surface area contributed by atoms with Crippen molar-refractivity contribution >= 4 is 27.5 Å². The topological polar surface area (TPSA) is 121 Å². The third-order valence-corrected chi connectivity index (χ3v) is 10.3. The van der Waals surface area contributed by atoms with Gasteiger partial charge >= 0.3 is 11.6 Å². The second kappa shape index (κ2) is 12.0. The van der Waals surface area contributed by atoms with E-state index in [2.05, 4.69) is 22.1 Å². The van der Waals surface area contributed by atoms with E-state index in [1.165, 1.54) is 17.9 Å². The molecule has 5 aromatic rings. The van der Waals surface area contributed by atoms with Crippen LogP contribution in [0.2, 0.25) is 0 Å². The predicted molar refractivity (Wildman–Crippen MR) is 178 cm³/mol. The number of rotatable bonds is 9. The second-order valence-corrected chi connectivity index (χ2v) is 13.4. The predicted octanol–water partition coefficient (Wildman–Crippen LogP) is 5.18. The minimum Gasteiger partial charge on any atom is -0.468 e. The molecule has 0 amide bonds. The van der Waals surface area contributed by atoms with E-state index in [4.69, 9.17) is 28.6 Å². The molecule has 6 heterocycles. The molecule has 0 saturated carbocycles. The Hall–Kier alpha value is -4.69. The Morgan fingerprint density at radius 1 is 1.14 bits per heavy atom. The number of anilines is 1. The number of benzene rings is 2. The van der Waals surface area contributed by atoms with Crippen molar-refractivity contribution in [2.24, 2.45) is 7.05 Å². The molecule has 0 N–H and O–H groups in total. The smallest absolute Gasteiger partial charge is 0.349 e. The Morgan fingerprint density at radius 3 is 2.73 bits per heavy atom. The normalized spacial score (nSPS) is 22.2. The van der Waals surface area contributed by atoms with Gasteiger partial charge in [-0.25, -0.2) is 13.6 Å². The number of hydrogen-bond donors (Lipinski definition) is 0. The van der Waals surface area contributed by atoms with Gasteiger partial charge in [-0.15, -0.1) is 5.10 Å². The number of hydrogen-bond acceptors (Lipinski definition) is 11. The molecule has 3 aliphatic rings. The van der Waals surface area contributed by atoms with Crippen molar-refractivity contribution in [2.45, 2.75) is 57.3 Å². The van der Waals surface area contributed by atoms with Crippen molar-refractivity contribution in [3.05, 3.63) is 52.3 Å². The molecule has 0 unspecified atom stereocenters. The Labute approximate surface area is 280 Å². The fourth-order valence-electron chi connectivity index (χ4n) is 7.74. The summed E-state index contributed by atoms with van der Waals surface area (Å²) >= 11 is 0. The van der Waals surface area contributed by atoms with Gasteiger partial charge in [0.25, 0.3) is 0 Å². The van der Waals surface area contributed by atoms with Gasteiger partial charge in [-0.3, -0.25) is 9.58 Å². The number of halogens is 2. The largest absolute Gasteiger partial charge is 0.468 e. The molecule has 0 bridgehead atoms. The van der Waals surface area contributed by atoms with E-state index in [1.54, 1.807) is 38.4 Å². The average Bonchev–Trinajstić information content (AvgIpc) is 3.76. The van der Waals surface area contributed by atoms with Crippen LogP contribution in [-0.2, 0) is 11.8 Å². The molecule has 256 valence electrons. The minimum absolute atomic E-state index is 0.0306. The highest BCUT2D eigenvalue weighted by atomic mass is 19.1. The van der Waals surface area contributed by atoms with E-state index in [0.717, 1.165) is 25.8 Å². The summed E-state index contributed by atoms with van der Waals surface area (Å²) in [5.41, 5.74) is 0.762. The molecule has 3 atom stereocenters. The molecule has 12 nitrogen and oxygen atoms in total. The van der Waals surface area contributed by atoms with Crippen LogP contribution in [0.3, 0.4) is 0 Å². The zero-order chi connectivity index (χ0) is 34.0. The maximum absolute atomic E-state index is 15.8. The first-order valence-electron chi connectivity index (χ1n) is 16.5. The molecule has 3 fully saturated rings. The summed E-state index contributed by atoms with van der Waals surface area (Å²) < 4.78 is 55.3. The van der Waals surface area contributed by atoms with Crippen LogP contribution in [0.1, 0.15) is 38.2 Å². The Bertz CT molecular complexity index is 2160. The minimum atomic E-state index is -0.900. The molecule has 8 rings (SSSR count). The molecule has 3 saturated heterocycles. The SMILES string of the molecule is COCOc1cc(-c2oc(=O)c3c(N4CC[C@H]4C)nc(OC[C@@]45CCCN4C[C@H](F)C5)nc3c2C)c2c(-c3cn(C)nn3)c(F)ccc2c1. The Balaban J connectivity index is 1.33. The summed E-state index contributed by atoms with van der Waals surface area (Å²) in [5, 5.41) is 9.54. The summed E-state index contributed by atoms with van der Waals surface area (Å²) in [4.78, 5) is 27.8. The van der Waals surface area contributed by atoms with Crippen molar-refractivity contribution in [2.75, 3.05) is 45.0 Å². The van der Waals surface area contributed by atoms with Gasteiger partial charge in [0.2, 0.25) is 0 Å². The number of methoxy groups -OCH3 is 1. The van der Waals surface area contributed by atoms with E-state index in [-0.39, 0.29) is 42.2 Å². The Morgan fingerprint density at radius 2 is 2.00 bits per heavy atom. The van der Waals surface area contributed by atoms with Gasteiger partial charge in [-0.2, -0.15) is 9.97 Å². The summed E-state index contributed by atoms with van der Waals surface area (Å²) in [7, 11) is 3.21. The van der Waals surface area contributed by atoms with Crippen LogP contribution in [0.5, 0.6) is 11.8 Å². The van der Waals surface area contributed by atoms with Gasteiger partial charge in [-0.1, -0.05) is 11.3 Å². The van der Waals surface area contributed by atoms with Crippen LogP contribution in [0.4, 0.5) is 14.6 Å². The van der Waals surface area contributed by atoms with E-state index in [9.17, 15) is 9.18 Å². The van der Waals surface area contributed by atoms with Crippen LogP contribution >= 0.6 is 0 Å². The van der Waals surface area contributed by atoms with Crippen LogP contribution in [-0.4, -0.2) is 87.8 Å². The van der Waals surface area contributed by atoms with Crippen molar-refractivity contribution in [1.29, 1.82) is 0 Å².